The zero-order chi connectivity index (χ0) is 11.9. The summed E-state index contributed by atoms with van der Waals surface area (Å²) in [4.78, 5) is 1.92. The summed E-state index contributed by atoms with van der Waals surface area (Å²) >= 11 is 0. The van der Waals surface area contributed by atoms with Gasteiger partial charge >= 0.3 is 0 Å². The highest BCUT2D eigenvalue weighted by molar-refractivity contribution is 7.90. The van der Waals surface area contributed by atoms with Crippen molar-refractivity contribution >= 4 is 9.84 Å². The molecule has 0 fully saturated rings. The zero-order valence-corrected chi connectivity index (χ0v) is 10.6. The van der Waals surface area contributed by atoms with Crippen LogP contribution in [0, 0.1) is 0 Å². The van der Waals surface area contributed by atoms with Crippen molar-refractivity contribution in [3.8, 4) is 0 Å². The van der Waals surface area contributed by atoms with Gasteiger partial charge < -0.3 is 15.4 Å². The first kappa shape index (κ1) is 14.8. The van der Waals surface area contributed by atoms with E-state index in [-0.39, 0.29) is 11.9 Å². The summed E-state index contributed by atoms with van der Waals surface area (Å²) in [5, 5.41) is 0. The summed E-state index contributed by atoms with van der Waals surface area (Å²) in [6.07, 6.45) is 1.23. The van der Waals surface area contributed by atoms with Gasteiger partial charge in [0.1, 0.15) is 9.84 Å². The minimum atomic E-state index is -2.89. The second-order valence-corrected chi connectivity index (χ2v) is 5.96. The van der Waals surface area contributed by atoms with E-state index in [0.29, 0.717) is 26.2 Å². The topological polar surface area (TPSA) is 72.6 Å². The summed E-state index contributed by atoms with van der Waals surface area (Å²) in [7, 11) is -1.02. The van der Waals surface area contributed by atoms with Gasteiger partial charge in [-0.2, -0.15) is 0 Å². The molecule has 0 aliphatic heterocycles. The van der Waals surface area contributed by atoms with E-state index in [9.17, 15) is 8.42 Å². The quantitative estimate of drug-likeness (QED) is 0.607. The van der Waals surface area contributed by atoms with E-state index in [4.69, 9.17) is 10.5 Å². The van der Waals surface area contributed by atoms with E-state index in [1.807, 2.05) is 18.9 Å². The highest BCUT2D eigenvalue weighted by atomic mass is 32.2. The predicted octanol–water partition coefficient (Wildman–Crippen LogP) is -0.673. The fraction of sp³-hybridized carbons (Fsp3) is 1.00. The molecule has 1 unspecified atom stereocenters. The van der Waals surface area contributed by atoms with Gasteiger partial charge in [0.15, 0.2) is 0 Å². The van der Waals surface area contributed by atoms with E-state index in [1.54, 1.807) is 0 Å². The molecule has 15 heavy (non-hydrogen) atoms. The normalized spacial score (nSPS) is 14.5. The van der Waals surface area contributed by atoms with E-state index in [1.165, 1.54) is 6.26 Å². The molecular weight excluding hydrogens is 216 g/mol. The molecule has 0 aromatic rings. The number of nitrogens with zero attached hydrogens (tertiary/aromatic N) is 1. The van der Waals surface area contributed by atoms with Crippen molar-refractivity contribution in [2.75, 3.05) is 45.3 Å². The summed E-state index contributed by atoms with van der Waals surface area (Å²) in [6.45, 7) is 4.18. The van der Waals surface area contributed by atoms with Crippen LogP contribution in [-0.4, -0.2) is 64.7 Å². The van der Waals surface area contributed by atoms with Crippen LogP contribution in [0.1, 0.15) is 6.92 Å². The third-order valence-electron chi connectivity index (χ3n) is 2.02. The highest BCUT2D eigenvalue weighted by Crippen LogP contribution is 1.95. The summed E-state index contributed by atoms with van der Waals surface area (Å²) in [5.74, 6) is 0.174. The maximum Gasteiger partial charge on any atom is 0.148 e. The van der Waals surface area contributed by atoms with Crippen molar-refractivity contribution in [1.29, 1.82) is 0 Å². The molecule has 0 aromatic carbocycles. The average Bonchev–Trinajstić information content (AvgIpc) is 2.13. The molecule has 0 rings (SSSR count). The minimum Gasteiger partial charge on any atom is -0.376 e. The summed E-state index contributed by atoms with van der Waals surface area (Å²) in [6, 6.07) is 0. The fourth-order valence-corrected chi connectivity index (χ4v) is 1.83. The SMILES string of the molecule is CCOC(CN)CN(C)CCS(C)(=O)=O. The van der Waals surface area contributed by atoms with E-state index in [0.717, 1.165) is 0 Å². The molecule has 0 bridgehead atoms. The standard InChI is InChI=1S/C9H22N2O3S/c1-4-14-9(7-10)8-11(2)5-6-15(3,12)13/h9H,4-8,10H2,1-3H3. The van der Waals surface area contributed by atoms with Gasteiger partial charge in [-0.3, -0.25) is 0 Å². The Morgan fingerprint density at radius 1 is 1.47 bits per heavy atom. The second-order valence-electron chi connectivity index (χ2n) is 3.71. The van der Waals surface area contributed by atoms with Crippen molar-refractivity contribution in [2.45, 2.75) is 13.0 Å². The van der Waals surface area contributed by atoms with Crippen molar-refractivity contribution < 1.29 is 13.2 Å². The van der Waals surface area contributed by atoms with Crippen LogP contribution in [-0.2, 0) is 14.6 Å². The molecule has 0 spiro atoms. The predicted molar refractivity (Wildman–Crippen MR) is 61.7 cm³/mol. The maximum absolute atomic E-state index is 10.9. The van der Waals surface area contributed by atoms with Crippen LogP contribution in [0.5, 0.6) is 0 Å². The van der Waals surface area contributed by atoms with Crippen LogP contribution in [0.25, 0.3) is 0 Å². The molecule has 0 heterocycles. The molecule has 0 saturated carbocycles. The lowest BCUT2D eigenvalue weighted by Crippen LogP contribution is -2.38. The van der Waals surface area contributed by atoms with Crippen LogP contribution >= 0.6 is 0 Å². The van der Waals surface area contributed by atoms with E-state index < -0.39 is 9.84 Å². The molecule has 1 atom stereocenters. The lowest BCUT2D eigenvalue weighted by molar-refractivity contribution is 0.0465. The fourth-order valence-electron chi connectivity index (χ4n) is 1.19. The summed E-state index contributed by atoms with van der Waals surface area (Å²) in [5.41, 5.74) is 5.52. The van der Waals surface area contributed by atoms with Gasteiger partial charge in [0.2, 0.25) is 0 Å². The molecule has 6 heteroatoms. The first-order valence-electron chi connectivity index (χ1n) is 5.07. The Labute approximate surface area is 92.5 Å². The van der Waals surface area contributed by atoms with Crippen LogP contribution in [0.3, 0.4) is 0 Å². The number of sulfone groups is 1. The third-order valence-corrected chi connectivity index (χ3v) is 2.95. The second kappa shape index (κ2) is 7.16. The van der Waals surface area contributed by atoms with Crippen LogP contribution < -0.4 is 5.73 Å². The number of rotatable bonds is 8. The lowest BCUT2D eigenvalue weighted by atomic mass is 10.3. The largest absolute Gasteiger partial charge is 0.376 e. The average molecular weight is 238 g/mol. The van der Waals surface area contributed by atoms with E-state index in [2.05, 4.69) is 0 Å². The molecule has 0 aliphatic rings. The number of ether oxygens (including phenoxy) is 1. The third kappa shape index (κ3) is 8.80. The number of nitrogens with two attached hydrogens (primary N) is 1. The Kier molecular flexibility index (Phi) is 7.08. The maximum atomic E-state index is 10.9. The van der Waals surface area contributed by atoms with Gasteiger partial charge in [-0.25, -0.2) is 8.42 Å². The Hall–Kier alpha value is -0.170. The number of likely N-dealkylation sites (N-methyl/N-ethyl adjacent to an activating group) is 1. The number of hydrogen-bond acceptors (Lipinski definition) is 5. The molecular formula is C9H22N2O3S. The van der Waals surface area contributed by atoms with Gasteiger partial charge in [-0.15, -0.1) is 0 Å². The highest BCUT2D eigenvalue weighted by Gasteiger charge is 2.11. The van der Waals surface area contributed by atoms with Gasteiger partial charge in [-0.1, -0.05) is 0 Å². The van der Waals surface area contributed by atoms with Gasteiger partial charge in [0.25, 0.3) is 0 Å². The van der Waals surface area contributed by atoms with Crippen LogP contribution in [0.15, 0.2) is 0 Å². The van der Waals surface area contributed by atoms with Gasteiger partial charge in [-0.05, 0) is 14.0 Å². The van der Waals surface area contributed by atoms with Crippen molar-refractivity contribution in [3.63, 3.8) is 0 Å². The lowest BCUT2D eigenvalue weighted by Gasteiger charge is -2.22. The Balaban J connectivity index is 3.85. The van der Waals surface area contributed by atoms with Crippen molar-refractivity contribution in [2.24, 2.45) is 5.73 Å². The molecule has 2 N–H and O–H groups in total. The van der Waals surface area contributed by atoms with E-state index >= 15 is 0 Å². The van der Waals surface area contributed by atoms with Crippen molar-refractivity contribution in [3.05, 3.63) is 0 Å². The van der Waals surface area contributed by atoms with Gasteiger partial charge in [0.05, 0.1) is 11.9 Å². The molecule has 0 amide bonds. The molecule has 0 radical (unpaired) electrons. The van der Waals surface area contributed by atoms with Crippen LogP contribution in [0.2, 0.25) is 0 Å². The Bertz CT molecular complexity index is 254. The molecule has 92 valence electrons. The Morgan fingerprint density at radius 2 is 2.07 bits per heavy atom. The first-order chi connectivity index (χ1) is 6.89. The molecule has 0 aromatic heterocycles. The summed E-state index contributed by atoms with van der Waals surface area (Å²) < 4.78 is 27.2. The Morgan fingerprint density at radius 3 is 2.47 bits per heavy atom. The minimum absolute atomic E-state index is 0.0143. The molecule has 0 saturated heterocycles. The smallest absolute Gasteiger partial charge is 0.148 e. The number of hydrogen-bond donors (Lipinski definition) is 1. The molecule has 5 nitrogen and oxygen atoms in total. The molecule has 0 aliphatic carbocycles. The zero-order valence-electron chi connectivity index (χ0n) is 9.77. The van der Waals surface area contributed by atoms with Gasteiger partial charge in [0, 0.05) is 32.5 Å². The van der Waals surface area contributed by atoms with Crippen molar-refractivity contribution in [1.82, 2.24) is 4.90 Å². The monoisotopic (exact) mass is 238 g/mol. The van der Waals surface area contributed by atoms with Crippen LogP contribution in [0.4, 0.5) is 0 Å². The first-order valence-corrected chi connectivity index (χ1v) is 7.13.